The summed E-state index contributed by atoms with van der Waals surface area (Å²) in [6.45, 7) is 1.86. The van der Waals surface area contributed by atoms with E-state index in [4.69, 9.17) is 5.26 Å². The van der Waals surface area contributed by atoms with Crippen molar-refractivity contribution in [1.82, 2.24) is 4.31 Å². The van der Waals surface area contributed by atoms with Crippen LogP contribution in [0.5, 0.6) is 0 Å². The van der Waals surface area contributed by atoms with Crippen molar-refractivity contribution in [2.24, 2.45) is 0 Å². The van der Waals surface area contributed by atoms with Gasteiger partial charge in [0.05, 0.1) is 48.3 Å². The molecule has 1 aliphatic rings. The second-order valence-electron chi connectivity index (χ2n) is 6.64. The Hall–Kier alpha value is -2.41. The van der Waals surface area contributed by atoms with Gasteiger partial charge in [0.2, 0.25) is 10.0 Å². The maximum Gasteiger partial charge on any atom is 0.417 e. The van der Waals surface area contributed by atoms with Gasteiger partial charge >= 0.3 is 6.18 Å². The zero-order valence-electron chi connectivity index (χ0n) is 14.9. The van der Waals surface area contributed by atoms with Crippen molar-refractivity contribution in [3.8, 4) is 6.07 Å². The average molecular weight is 410 g/mol. The van der Waals surface area contributed by atoms with Gasteiger partial charge in [-0.3, -0.25) is 0 Å². The summed E-state index contributed by atoms with van der Waals surface area (Å²) in [4.78, 5) is 0.415. The summed E-state index contributed by atoms with van der Waals surface area (Å²) in [6.07, 6.45) is -4.73. The molecule has 2 aromatic carbocycles. The maximum atomic E-state index is 13.2. The van der Waals surface area contributed by atoms with E-state index in [0.717, 1.165) is 26.9 Å². The number of halogens is 3. The van der Waals surface area contributed by atoms with Crippen molar-refractivity contribution >= 4 is 10.0 Å². The molecule has 0 atom stereocenters. The first-order valence-corrected chi connectivity index (χ1v) is 10.1. The van der Waals surface area contributed by atoms with Gasteiger partial charge in [-0.05, 0) is 24.3 Å². The fourth-order valence-corrected chi connectivity index (χ4v) is 4.98. The van der Waals surface area contributed by atoms with Crippen LogP contribution in [0.3, 0.4) is 0 Å². The number of sulfonamides is 1. The van der Waals surface area contributed by atoms with Crippen molar-refractivity contribution in [1.29, 1.82) is 5.26 Å². The van der Waals surface area contributed by atoms with Crippen molar-refractivity contribution < 1.29 is 26.5 Å². The molecule has 0 radical (unpaired) electrons. The van der Waals surface area contributed by atoms with Gasteiger partial charge in [-0.25, -0.2) is 8.42 Å². The third-order valence-electron chi connectivity index (χ3n) is 4.75. The van der Waals surface area contributed by atoms with Crippen LogP contribution >= 0.6 is 0 Å². The van der Waals surface area contributed by atoms with E-state index in [1.807, 2.05) is 6.07 Å². The number of nitrogens with one attached hydrogen (secondary N) is 1. The standard InChI is InChI=1S/C19H18F3N3O2S/c20-19(21,22)17-6-1-2-7-18(17)28(26,27)25-10-8-24(9-11-25)14-16-5-3-4-15(12-16)13-23/h1-7,12H,8-11,14H2/p+1. The van der Waals surface area contributed by atoms with Crippen molar-refractivity contribution in [3.63, 3.8) is 0 Å². The van der Waals surface area contributed by atoms with Crippen LogP contribution in [0.25, 0.3) is 0 Å². The third-order valence-corrected chi connectivity index (χ3v) is 6.71. The summed E-state index contributed by atoms with van der Waals surface area (Å²) in [5, 5.41) is 8.97. The highest BCUT2D eigenvalue weighted by Crippen LogP contribution is 2.35. The highest BCUT2D eigenvalue weighted by Gasteiger charge is 2.39. The number of rotatable bonds is 4. The summed E-state index contributed by atoms with van der Waals surface area (Å²) in [7, 11) is -4.23. The van der Waals surface area contributed by atoms with Gasteiger partial charge in [0.25, 0.3) is 0 Å². The molecular weight excluding hydrogens is 391 g/mol. The van der Waals surface area contributed by atoms with Crippen LogP contribution < -0.4 is 4.90 Å². The summed E-state index contributed by atoms with van der Waals surface area (Å²) in [5.41, 5.74) is 0.382. The van der Waals surface area contributed by atoms with E-state index >= 15 is 0 Å². The highest BCUT2D eigenvalue weighted by atomic mass is 32.2. The summed E-state index contributed by atoms with van der Waals surface area (Å²) in [5.74, 6) is 0. The lowest BCUT2D eigenvalue weighted by atomic mass is 10.1. The molecule has 0 aliphatic carbocycles. The maximum absolute atomic E-state index is 13.2. The molecule has 9 heteroatoms. The Morgan fingerprint density at radius 3 is 2.39 bits per heavy atom. The van der Waals surface area contributed by atoms with Crippen LogP contribution in [0, 0.1) is 11.3 Å². The first-order valence-electron chi connectivity index (χ1n) is 8.71. The fourth-order valence-electron chi connectivity index (χ4n) is 3.32. The summed E-state index contributed by atoms with van der Waals surface area (Å²) < 4.78 is 66.3. The predicted molar refractivity (Wildman–Crippen MR) is 95.8 cm³/mol. The number of quaternary nitrogens is 1. The molecule has 1 fully saturated rings. The second kappa shape index (κ2) is 7.91. The van der Waals surface area contributed by atoms with Crippen molar-refractivity contribution in [3.05, 3.63) is 65.2 Å². The topological polar surface area (TPSA) is 65.6 Å². The van der Waals surface area contributed by atoms with Crippen LogP contribution in [0.2, 0.25) is 0 Å². The Morgan fingerprint density at radius 2 is 1.75 bits per heavy atom. The molecule has 1 saturated heterocycles. The monoisotopic (exact) mass is 410 g/mol. The lowest BCUT2D eigenvalue weighted by Crippen LogP contribution is -3.13. The molecule has 0 spiro atoms. The zero-order valence-corrected chi connectivity index (χ0v) is 15.7. The zero-order chi connectivity index (χ0) is 20.4. The molecule has 0 unspecified atom stereocenters. The SMILES string of the molecule is N#Cc1cccc(C[NH+]2CCN(S(=O)(=O)c3ccccc3C(F)(F)F)CC2)c1. The van der Waals surface area contributed by atoms with Crippen LogP contribution in [-0.4, -0.2) is 38.9 Å². The molecule has 28 heavy (non-hydrogen) atoms. The Labute approximate surface area is 161 Å². The van der Waals surface area contributed by atoms with Crippen molar-refractivity contribution in [2.75, 3.05) is 26.2 Å². The van der Waals surface area contributed by atoms with Crippen molar-refractivity contribution in [2.45, 2.75) is 17.6 Å². The minimum absolute atomic E-state index is 0.141. The number of nitrogens with zero attached hydrogens (tertiary/aromatic N) is 2. The fraction of sp³-hybridized carbons (Fsp3) is 0.316. The minimum atomic E-state index is -4.73. The molecule has 1 N–H and O–H groups in total. The molecule has 1 heterocycles. The van der Waals surface area contributed by atoms with Crippen LogP contribution in [-0.2, 0) is 22.7 Å². The normalized spacial score (nSPS) is 16.6. The Bertz CT molecular complexity index is 992. The van der Waals surface area contributed by atoms with E-state index in [2.05, 4.69) is 6.07 Å². The molecule has 148 valence electrons. The number of nitriles is 1. The van der Waals surface area contributed by atoms with E-state index in [0.29, 0.717) is 25.2 Å². The summed E-state index contributed by atoms with van der Waals surface area (Å²) in [6, 6.07) is 13.5. The van der Waals surface area contributed by atoms with Gasteiger partial charge in [0.1, 0.15) is 6.54 Å². The van der Waals surface area contributed by atoms with E-state index in [-0.39, 0.29) is 13.1 Å². The number of piperazine rings is 1. The number of hydrogen-bond acceptors (Lipinski definition) is 3. The second-order valence-corrected chi connectivity index (χ2v) is 8.54. The number of benzene rings is 2. The smallest absolute Gasteiger partial charge is 0.329 e. The highest BCUT2D eigenvalue weighted by molar-refractivity contribution is 7.89. The van der Waals surface area contributed by atoms with Crippen LogP contribution in [0.1, 0.15) is 16.7 Å². The first-order chi connectivity index (χ1) is 13.2. The molecule has 3 rings (SSSR count). The molecule has 2 aromatic rings. The molecular formula is C19H19F3N3O2S+. The molecule has 0 saturated carbocycles. The van der Waals surface area contributed by atoms with Gasteiger partial charge in [0.15, 0.2) is 0 Å². The molecule has 0 bridgehead atoms. The molecule has 0 amide bonds. The minimum Gasteiger partial charge on any atom is -0.329 e. The Kier molecular flexibility index (Phi) is 5.74. The van der Waals surface area contributed by atoms with E-state index < -0.39 is 26.7 Å². The molecule has 5 nitrogen and oxygen atoms in total. The lowest BCUT2D eigenvalue weighted by molar-refractivity contribution is -0.917. The molecule has 0 aromatic heterocycles. The predicted octanol–water partition coefficient (Wildman–Crippen LogP) is 1.67. The largest absolute Gasteiger partial charge is 0.417 e. The van der Waals surface area contributed by atoms with Crippen LogP contribution in [0.15, 0.2) is 53.4 Å². The van der Waals surface area contributed by atoms with Gasteiger partial charge in [0, 0.05) is 5.56 Å². The molecule has 1 aliphatic heterocycles. The van der Waals surface area contributed by atoms with E-state index in [1.54, 1.807) is 18.2 Å². The van der Waals surface area contributed by atoms with Gasteiger partial charge in [-0.2, -0.15) is 22.7 Å². The van der Waals surface area contributed by atoms with E-state index in [1.165, 1.54) is 12.1 Å². The lowest BCUT2D eigenvalue weighted by Gasteiger charge is -2.32. The third kappa shape index (κ3) is 4.35. The summed E-state index contributed by atoms with van der Waals surface area (Å²) >= 11 is 0. The average Bonchev–Trinajstić information content (AvgIpc) is 2.68. The van der Waals surface area contributed by atoms with Gasteiger partial charge in [-0.15, -0.1) is 0 Å². The van der Waals surface area contributed by atoms with Crippen LogP contribution in [0.4, 0.5) is 13.2 Å². The van der Waals surface area contributed by atoms with E-state index in [9.17, 15) is 21.6 Å². The number of hydrogen-bond donors (Lipinski definition) is 1. The first kappa shape index (κ1) is 20.3. The Morgan fingerprint density at radius 1 is 1.07 bits per heavy atom. The Balaban J connectivity index is 1.72. The number of alkyl halides is 3. The quantitative estimate of drug-likeness (QED) is 0.834. The van der Waals surface area contributed by atoms with Gasteiger partial charge < -0.3 is 4.90 Å². The van der Waals surface area contributed by atoms with Gasteiger partial charge in [-0.1, -0.05) is 24.3 Å².